The van der Waals surface area contributed by atoms with Crippen LogP contribution in [0, 0.1) is 0 Å². The predicted molar refractivity (Wildman–Crippen MR) is 79.9 cm³/mol. The molecule has 0 fully saturated rings. The van der Waals surface area contributed by atoms with Gasteiger partial charge < -0.3 is 4.98 Å². The first-order chi connectivity index (χ1) is 9.08. The average Bonchev–Trinajstić information content (AvgIpc) is 2.32. The monoisotopic (exact) mass is 359 g/mol. The number of halogens is 2. The summed E-state index contributed by atoms with van der Waals surface area (Å²) < 4.78 is 0.772. The highest BCUT2D eigenvalue weighted by Gasteiger charge is 2.08. The number of nitrogens with zero attached hydrogens (tertiary/aromatic N) is 2. The van der Waals surface area contributed by atoms with Gasteiger partial charge in [-0.25, -0.2) is 9.97 Å². The third kappa shape index (κ3) is 4.06. The van der Waals surface area contributed by atoms with Crippen molar-refractivity contribution in [3.8, 4) is 0 Å². The molecule has 7 heteroatoms. The van der Waals surface area contributed by atoms with Gasteiger partial charge in [0.05, 0.1) is 9.50 Å². The Kier molecular flexibility index (Phi) is 5.01. The summed E-state index contributed by atoms with van der Waals surface area (Å²) in [6.45, 7) is 2.05. The van der Waals surface area contributed by atoms with E-state index in [2.05, 4.69) is 30.9 Å². The Morgan fingerprint density at radius 1 is 1.47 bits per heavy atom. The molecular formula is C12H11BrClN3OS. The number of H-pyrrole nitrogens is 1. The Labute approximate surface area is 128 Å². The van der Waals surface area contributed by atoms with E-state index in [-0.39, 0.29) is 5.56 Å². The Morgan fingerprint density at radius 3 is 2.95 bits per heavy atom. The fourth-order valence-corrected chi connectivity index (χ4v) is 3.13. The molecule has 1 N–H and O–H groups in total. The third-order valence-electron chi connectivity index (χ3n) is 2.25. The van der Waals surface area contributed by atoms with Crippen molar-refractivity contribution in [2.45, 2.75) is 29.9 Å². The predicted octanol–water partition coefficient (Wildman–Crippen LogP) is 3.68. The van der Waals surface area contributed by atoms with E-state index in [1.807, 2.05) is 6.92 Å². The van der Waals surface area contributed by atoms with Crippen molar-refractivity contribution < 1.29 is 0 Å². The zero-order valence-electron chi connectivity index (χ0n) is 10.1. The molecule has 0 atom stereocenters. The quantitative estimate of drug-likeness (QED) is 0.845. The summed E-state index contributed by atoms with van der Waals surface area (Å²) in [4.78, 5) is 22.8. The summed E-state index contributed by atoms with van der Waals surface area (Å²) in [6, 6.07) is 3.28. The summed E-state index contributed by atoms with van der Waals surface area (Å²) in [5.74, 6) is 0. The van der Waals surface area contributed by atoms with Gasteiger partial charge in [0, 0.05) is 18.0 Å². The molecule has 0 aromatic carbocycles. The minimum absolute atomic E-state index is 0.147. The Bertz CT molecular complexity index is 647. The van der Waals surface area contributed by atoms with Gasteiger partial charge in [0.1, 0.15) is 5.03 Å². The maximum absolute atomic E-state index is 11.6. The summed E-state index contributed by atoms with van der Waals surface area (Å²) >= 11 is 10.5. The fraction of sp³-hybridized carbons (Fsp3) is 0.250. The Hall–Kier alpha value is -0.850. The molecule has 0 saturated heterocycles. The van der Waals surface area contributed by atoms with Crippen molar-refractivity contribution in [3.63, 3.8) is 0 Å². The zero-order chi connectivity index (χ0) is 13.8. The summed E-state index contributed by atoms with van der Waals surface area (Å²) in [7, 11) is 0. The lowest BCUT2D eigenvalue weighted by Gasteiger charge is -2.04. The number of rotatable bonds is 4. The van der Waals surface area contributed by atoms with Crippen molar-refractivity contribution in [2.75, 3.05) is 0 Å². The van der Waals surface area contributed by atoms with Crippen LogP contribution in [0.4, 0.5) is 0 Å². The van der Waals surface area contributed by atoms with E-state index in [4.69, 9.17) is 11.6 Å². The van der Waals surface area contributed by atoms with E-state index in [9.17, 15) is 4.79 Å². The van der Waals surface area contributed by atoms with Gasteiger partial charge in [0.25, 0.3) is 5.56 Å². The molecule has 0 bridgehead atoms. The molecule has 4 nitrogen and oxygen atoms in total. The van der Waals surface area contributed by atoms with E-state index in [1.165, 1.54) is 17.8 Å². The molecule has 2 aromatic rings. The van der Waals surface area contributed by atoms with Crippen molar-refractivity contribution in [2.24, 2.45) is 0 Å². The average molecular weight is 361 g/mol. The lowest BCUT2D eigenvalue weighted by Crippen LogP contribution is -2.09. The van der Waals surface area contributed by atoms with Crippen LogP contribution >= 0.6 is 39.3 Å². The summed E-state index contributed by atoms with van der Waals surface area (Å²) in [5, 5.41) is 1.80. The molecule has 0 amide bonds. The van der Waals surface area contributed by atoms with Crippen LogP contribution in [0.15, 0.2) is 37.8 Å². The van der Waals surface area contributed by atoms with Crippen molar-refractivity contribution in [1.82, 2.24) is 15.0 Å². The van der Waals surface area contributed by atoms with Crippen molar-refractivity contribution in [3.05, 3.63) is 43.9 Å². The van der Waals surface area contributed by atoms with Crippen LogP contribution in [-0.4, -0.2) is 15.0 Å². The molecule has 2 rings (SSSR count). The minimum atomic E-state index is -0.147. The molecule has 0 saturated carbocycles. The maximum Gasteiger partial charge on any atom is 0.251 e. The fourth-order valence-electron chi connectivity index (χ4n) is 1.48. The number of nitrogens with one attached hydrogen (secondary N) is 1. The van der Waals surface area contributed by atoms with E-state index >= 15 is 0 Å². The van der Waals surface area contributed by atoms with E-state index in [0.29, 0.717) is 15.2 Å². The number of pyridine rings is 1. The number of aryl methyl sites for hydroxylation is 1. The molecular weight excluding hydrogens is 350 g/mol. The molecule has 100 valence electrons. The van der Waals surface area contributed by atoms with Gasteiger partial charge in [0.15, 0.2) is 5.16 Å². The lowest BCUT2D eigenvalue weighted by atomic mass is 10.2. The molecule has 0 radical (unpaired) electrons. The smallest absolute Gasteiger partial charge is 0.251 e. The summed E-state index contributed by atoms with van der Waals surface area (Å²) in [5.41, 5.74) is 0.643. The van der Waals surface area contributed by atoms with Gasteiger partial charge in [-0.15, -0.1) is 0 Å². The van der Waals surface area contributed by atoms with Gasteiger partial charge in [-0.2, -0.15) is 0 Å². The molecule has 19 heavy (non-hydrogen) atoms. The van der Waals surface area contributed by atoms with E-state index in [1.54, 1.807) is 12.3 Å². The largest absolute Gasteiger partial charge is 0.301 e. The summed E-state index contributed by atoms with van der Waals surface area (Å²) in [6.07, 6.45) is 3.29. The maximum atomic E-state index is 11.6. The van der Waals surface area contributed by atoms with Gasteiger partial charge in [-0.3, -0.25) is 4.79 Å². The topological polar surface area (TPSA) is 58.6 Å². The first-order valence-corrected chi connectivity index (χ1v) is 7.66. The first kappa shape index (κ1) is 14.6. The zero-order valence-corrected chi connectivity index (χ0v) is 13.3. The van der Waals surface area contributed by atoms with Gasteiger partial charge >= 0.3 is 0 Å². The molecule has 0 spiro atoms. The highest BCUT2D eigenvalue weighted by Crippen LogP contribution is 2.30. The number of aromatic amines is 1. The second kappa shape index (κ2) is 6.54. The van der Waals surface area contributed by atoms with Crippen LogP contribution in [0.3, 0.4) is 0 Å². The van der Waals surface area contributed by atoms with Crippen LogP contribution in [0.25, 0.3) is 0 Å². The molecule has 0 unspecified atom stereocenters. The van der Waals surface area contributed by atoms with Gasteiger partial charge in [-0.05, 0) is 40.2 Å². The van der Waals surface area contributed by atoms with Crippen LogP contribution in [0.1, 0.15) is 19.0 Å². The van der Waals surface area contributed by atoms with Crippen molar-refractivity contribution >= 4 is 39.3 Å². The Balaban J connectivity index is 2.30. The SMILES string of the molecule is CCCc1cc(=O)[nH]c(Sc2ncc(Cl)cc2Br)n1. The van der Waals surface area contributed by atoms with Crippen molar-refractivity contribution in [1.29, 1.82) is 0 Å². The van der Waals surface area contributed by atoms with Gasteiger partial charge in [0.2, 0.25) is 0 Å². The molecule has 0 aliphatic heterocycles. The normalized spacial score (nSPS) is 10.7. The lowest BCUT2D eigenvalue weighted by molar-refractivity contribution is 0.815. The van der Waals surface area contributed by atoms with Crippen LogP contribution in [0.2, 0.25) is 5.02 Å². The number of hydrogen-bond acceptors (Lipinski definition) is 4. The first-order valence-electron chi connectivity index (χ1n) is 5.67. The molecule has 0 aliphatic rings. The highest BCUT2D eigenvalue weighted by atomic mass is 79.9. The van der Waals surface area contributed by atoms with Crippen LogP contribution < -0.4 is 5.56 Å². The molecule has 2 aromatic heterocycles. The van der Waals surface area contributed by atoms with E-state index in [0.717, 1.165) is 23.0 Å². The molecule has 0 aliphatic carbocycles. The van der Waals surface area contributed by atoms with E-state index < -0.39 is 0 Å². The highest BCUT2D eigenvalue weighted by molar-refractivity contribution is 9.10. The second-order valence-corrected chi connectivity index (χ2v) is 6.10. The van der Waals surface area contributed by atoms with Crippen LogP contribution in [0.5, 0.6) is 0 Å². The standard InChI is InChI=1S/C12H11BrClN3OS/c1-2-3-8-5-10(18)17-12(16-8)19-11-9(13)4-7(14)6-15-11/h4-6H,2-3H2,1H3,(H,16,17,18). The molecule has 2 heterocycles. The van der Waals surface area contributed by atoms with Gasteiger partial charge in [-0.1, -0.05) is 24.9 Å². The minimum Gasteiger partial charge on any atom is -0.301 e. The Morgan fingerprint density at radius 2 is 2.26 bits per heavy atom. The third-order valence-corrected chi connectivity index (χ3v) is 4.23. The number of aromatic nitrogens is 3. The number of hydrogen-bond donors (Lipinski definition) is 1. The van der Waals surface area contributed by atoms with Crippen LogP contribution in [-0.2, 0) is 6.42 Å². The second-order valence-electron chi connectivity index (χ2n) is 3.83.